The molecule has 1 aromatic heterocycles. The van der Waals surface area contributed by atoms with E-state index in [0.29, 0.717) is 17.9 Å². The first-order valence-corrected chi connectivity index (χ1v) is 6.28. The quantitative estimate of drug-likeness (QED) is 0.882. The van der Waals surface area contributed by atoms with E-state index in [1.54, 1.807) is 6.07 Å². The highest BCUT2D eigenvalue weighted by atomic mass is 19.1. The smallest absolute Gasteiger partial charge is 0.191 e. The Kier molecular flexibility index (Phi) is 4.95. The highest BCUT2D eigenvalue weighted by Gasteiger charge is 2.13. The van der Waals surface area contributed by atoms with Gasteiger partial charge < -0.3 is 10.1 Å². The Bertz CT molecular complexity index is 541. The highest BCUT2D eigenvalue weighted by molar-refractivity contribution is 5.31. The van der Waals surface area contributed by atoms with Crippen LogP contribution in [0.5, 0.6) is 5.75 Å². The molecule has 2 aromatic rings. The molecule has 0 amide bonds. The third-order valence-corrected chi connectivity index (χ3v) is 2.60. The summed E-state index contributed by atoms with van der Waals surface area (Å²) < 4.78 is 32.7. The van der Waals surface area contributed by atoms with Crippen LogP contribution in [0.2, 0.25) is 0 Å². The molecule has 0 spiro atoms. The second-order valence-corrected chi connectivity index (χ2v) is 4.12. The number of ether oxygens (including phenoxy) is 1. The molecule has 106 valence electrons. The van der Waals surface area contributed by atoms with Crippen LogP contribution >= 0.6 is 0 Å². The molecule has 0 atom stereocenters. The van der Waals surface area contributed by atoms with E-state index in [-0.39, 0.29) is 6.61 Å². The van der Waals surface area contributed by atoms with Gasteiger partial charge in [-0.1, -0.05) is 6.92 Å². The first-order chi connectivity index (χ1) is 9.70. The average molecular weight is 279 g/mol. The van der Waals surface area contributed by atoms with E-state index in [0.717, 1.165) is 6.54 Å². The largest absolute Gasteiger partial charge is 0.479 e. The van der Waals surface area contributed by atoms with Gasteiger partial charge in [0.1, 0.15) is 6.61 Å². The van der Waals surface area contributed by atoms with Crippen molar-refractivity contribution >= 4 is 0 Å². The molecule has 0 bridgehead atoms. The van der Waals surface area contributed by atoms with Gasteiger partial charge in [-0.3, -0.25) is 0 Å². The van der Waals surface area contributed by atoms with Crippen molar-refractivity contribution in [2.75, 3.05) is 6.54 Å². The molecule has 4 nitrogen and oxygen atoms in total. The molecule has 0 saturated heterocycles. The summed E-state index contributed by atoms with van der Waals surface area (Å²) in [7, 11) is 0. The van der Waals surface area contributed by atoms with E-state index in [1.165, 1.54) is 24.5 Å². The van der Waals surface area contributed by atoms with Crippen molar-refractivity contribution in [2.24, 2.45) is 0 Å². The summed E-state index contributed by atoms with van der Waals surface area (Å²) in [6, 6.07) is 4.17. The van der Waals surface area contributed by atoms with Crippen molar-refractivity contribution in [3.05, 3.63) is 53.6 Å². The zero-order valence-corrected chi connectivity index (χ0v) is 11.1. The summed E-state index contributed by atoms with van der Waals surface area (Å²) in [5.74, 6) is -1.50. The Balaban J connectivity index is 2.08. The van der Waals surface area contributed by atoms with Gasteiger partial charge in [0.05, 0.1) is 0 Å². The van der Waals surface area contributed by atoms with Crippen LogP contribution < -0.4 is 10.1 Å². The maximum absolute atomic E-state index is 13.8. The van der Waals surface area contributed by atoms with Crippen LogP contribution in [0.15, 0.2) is 30.6 Å². The van der Waals surface area contributed by atoms with E-state index < -0.39 is 17.4 Å². The summed E-state index contributed by atoms with van der Waals surface area (Å²) in [6.07, 6.45) is 3.08. The maximum atomic E-state index is 13.8. The van der Waals surface area contributed by atoms with Gasteiger partial charge in [0.2, 0.25) is 0 Å². The summed E-state index contributed by atoms with van der Waals surface area (Å²) in [5, 5.41) is 3.00. The lowest BCUT2D eigenvalue weighted by Gasteiger charge is -2.09. The Morgan fingerprint density at radius 1 is 1.15 bits per heavy atom. The summed E-state index contributed by atoms with van der Waals surface area (Å²) in [4.78, 5) is 7.84. The lowest BCUT2D eigenvalue weighted by Crippen LogP contribution is -2.12. The van der Waals surface area contributed by atoms with Crippen LogP contribution in [0.1, 0.15) is 18.3 Å². The number of aromatic nitrogens is 2. The molecule has 2 rings (SSSR count). The van der Waals surface area contributed by atoms with Crippen molar-refractivity contribution in [1.29, 1.82) is 0 Å². The van der Waals surface area contributed by atoms with Gasteiger partial charge in [-0.25, -0.2) is 18.7 Å². The van der Waals surface area contributed by atoms with E-state index in [9.17, 15) is 8.78 Å². The second-order valence-electron chi connectivity index (χ2n) is 4.12. The molecule has 0 aliphatic heterocycles. The number of nitrogens with zero attached hydrogens (tertiary/aromatic N) is 2. The number of rotatable bonds is 6. The second kappa shape index (κ2) is 6.91. The number of halogens is 2. The molecule has 0 aliphatic rings. The Morgan fingerprint density at radius 2 is 1.80 bits per heavy atom. The van der Waals surface area contributed by atoms with Crippen molar-refractivity contribution in [1.82, 2.24) is 15.3 Å². The number of nitrogens with one attached hydrogen (secondary N) is 1. The van der Waals surface area contributed by atoms with Crippen LogP contribution in [-0.4, -0.2) is 16.5 Å². The summed E-state index contributed by atoms with van der Waals surface area (Å²) >= 11 is 0. The molecule has 0 saturated carbocycles. The average Bonchev–Trinajstić information content (AvgIpc) is 2.45. The fraction of sp³-hybridized carbons (Fsp3) is 0.286. The van der Waals surface area contributed by atoms with Crippen LogP contribution in [0.4, 0.5) is 8.78 Å². The van der Waals surface area contributed by atoms with Gasteiger partial charge in [-0.05, 0) is 30.3 Å². The SMILES string of the molecule is CCNCc1cc(F)c(OCc2ncccn2)c(F)c1. The van der Waals surface area contributed by atoms with E-state index >= 15 is 0 Å². The fourth-order valence-corrected chi connectivity index (χ4v) is 1.66. The molecular weight excluding hydrogens is 264 g/mol. The van der Waals surface area contributed by atoms with Gasteiger partial charge in [-0.2, -0.15) is 0 Å². The summed E-state index contributed by atoms with van der Waals surface area (Å²) in [6.45, 7) is 2.98. The first kappa shape index (κ1) is 14.3. The monoisotopic (exact) mass is 279 g/mol. The normalized spacial score (nSPS) is 10.6. The van der Waals surface area contributed by atoms with E-state index in [1.807, 2.05) is 6.92 Å². The zero-order valence-electron chi connectivity index (χ0n) is 11.1. The van der Waals surface area contributed by atoms with E-state index in [4.69, 9.17) is 4.74 Å². The molecule has 1 heterocycles. The van der Waals surface area contributed by atoms with Crippen LogP contribution in [0.25, 0.3) is 0 Å². The van der Waals surface area contributed by atoms with Gasteiger partial charge in [0.15, 0.2) is 23.2 Å². The number of hydrogen-bond donors (Lipinski definition) is 1. The predicted octanol–water partition coefficient (Wildman–Crippen LogP) is 2.44. The van der Waals surface area contributed by atoms with Gasteiger partial charge in [-0.15, -0.1) is 0 Å². The number of benzene rings is 1. The number of hydrogen-bond acceptors (Lipinski definition) is 4. The zero-order chi connectivity index (χ0) is 14.4. The maximum Gasteiger partial charge on any atom is 0.191 e. The van der Waals surface area contributed by atoms with Gasteiger partial charge >= 0.3 is 0 Å². The van der Waals surface area contributed by atoms with Crippen molar-refractivity contribution in [3.8, 4) is 5.75 Å². The molecule has 0 fully saturated rings. The van der Waals surface area contributed by atoms with Crippen molar-refractivity contribution in [3.63, 3.8) is 0 Å². The standard InChI is InChI=1S/C14H15F2N3O/c1-2-17-8-10-6-11(15)14(12(16)7-10)20-9-13-18-4-3-5-19-13/h3-7,17H,2,8-9H2,1H3. The van der Waals surface area contributed by atoms with Crippen LogP contribution in [0, 0.1) is 11.6 Å². The third-order valence-electron chi connectivity index (χ3n) is 2.60. The molecule has 6 heteroatoms. The fourth-order valence-electron chi connectivity index (χ4n) is 1.66. The minimum Gasteiger partial charge on any atom is -0.479 e. The highest BCUT2D eigenvalue weighted by Crippen LogP contribution is 2.24. The lowest BCUT2D eigenvalue weighted by molar-refractivity contribution is 0.265. The topological polar surface area (TPSA) is 47.0 Å². The van der Waals surface area contributed by atoms with Crippen molar-refractivity contribution in [2.45, 2.75) is 20.1 Å². The Labute approximate surface area is 115 Å². The molecule has 1 N–H and O–H groups in total. The summed E-state index contributed by atoms with van der Waals surface area (Å²) in [5.41, 5.74) is 0.533. The first-order valence-electron chi connectivity index (χ1n) is 6.28. The van der Waals surface area contributed by atoms with Crippen molar-refractivity contribution < 1.29 is 13.5 Å². The van der Waals surface area contributed by atoms with Crippen LogP contribution in [0.3, 0.4) is 0 Å². The molecule has 20 heavy (non-hydrogen) atoms. The van der Waals surface area contributed by atoms with E-state index in [2.05, 4.69) is 15.3 Å². The van der Waals surface area contributed by atoms with Gasteiger partial charge in [0, 0.05) is 18.9 Å². The molecule has 0 unspecified atom stereocenters. The Morgan fingerprint density at radius 3 is 2.40 bits per heavy atom. The lowest BCUT2D eigenvalue weighted by atomic mass is 10.2. The molecule has 0 radical (unpaired) electrons. The third kappa shape index (κ3) is 3.71. The van der Waals surface area contributed by atoms with Crippen LogP contribution in [-0.2, 0) is 13.2 Å². The molecular formula is C14H15F2N3O. The predicted molar refractivity (Wildman–Crippen MR) is 70.1 cm³/mol. The minimum atomic E-state index is -0.728. The Hall–Kier alpha value is -2.08. The molecule has 0 aliphatic carbocycles. The molecule has 1 aromatic carbocycles. The van der Waals surface area contributed by atoms with Gasteiger partial charge in [0.25, 0.3) is 0 Å². The minimum absolute atomic E-state index is 0.0821.